The third-order valence-electron chi connectivity index (χ3n) is 2.32. The first-order chi connectivity index (χ1) is 6.08. The van der Waals surface area contributed by atoms with Crippen molar-refractivity contribution in [3.05, 3.63) is 0 Å². The molecule has 0 amide bonds. The highest BCUT2D eigenvalue weighted by Crippen LogP contribution is 2.50. The van der Waals surface area contributed by atoms with Crippen molar-refractivity contribution in [2.24, 2.45) is 0 Å². The van der Waals surface area contributed by atoms with Crippen LogP contribution in [0.3, 0.4) is 0 Å². The lowest BCUT2D eigenvalue weighted by Gasteiger charge is -2.32. The van der Waals surface area contributed by atoms with Gasteiger partial charge in [-0.25, -0.2) is 0 Å². The molecule has 3 N–H and O–H groups in total. The molecule has 0 aromatic heterocycles. The summed E-state index contributed by atoms with van der Waals surface area (Å²) in [4.78, 5) is 0. The van der Waals surface area contributed by atoms with Crippen LogP contribution in [0.2, 0.25) is 0 Å². The Morgan fingerprint density at radius 2 is 1.00 bits per heavy atom. The van der Waals surface area contributed by atoms with E-state index in [-0.39, 0.29) is 36.8 Å². The normalized spacial score (nSPS) is 18.7. The van der Waals surface area contributed by atoms with Crippen LogP contribution in [-0.4, -0.2) is 52.1 Å². The number of hydrogen-bond donors (Lipinski definition) is 3. The molecule has 80 valence electrons. The van der Waals surface area contributed by atoms with Gasteiger partial charge in [0.2, 0.25) is 0 Å². The van der Waals surface area contributed by atoms with Gasteiger partial charge >= 0.3 is 0 Å². The monoisotopic (exact) mass is 208 g/mol. The van der Waals surface area contributed by atoms with E-state index in [2.05, 4.69) is 0 Å². The predicted molar refractivity (Wildman–Crippen MR) is 56.6 cm³/mol. The van der Waals surface area contributed by atoms with Crippen LogP contribution in [0.25, 0.3) is 0 Å². The van der Waals surface area contributed by atoms with Gasteiger partial charge in [0.05, 0.1) is 0 Å². The first-order valence-corrected chi connectivity index (χ1v) is 6.23. The lowest BCUT2D eigenvalue weighted by atomic mass is 10.5. The maximum absolute atomic E-state index is 9.05. The second kappa shape index (κ2) is 6.72. The molecule has 0 saturated carbocycles. The van der Waals surface area contributed by atoms with Gasteiger partial charge in [0, 0.05) is 36.8 Å². The molecule has 0 bridgehead atoms. The zero-order valence-corrected chi connectivity index (χ0v) is 9.54. The van der Waals surface area contributed by atoms with Crippen molar-refractivity contribution >= 4 is 7.92 Å². The number of aliphatic hydroxyl groups is 3. The van der Waals surface area contributed by atoms with Gasteiger partial charge in [0.1, 0.15) is 0 Å². The van der Waals surface area contributed by atoms with E-state index in [4.69, 9.17) is 15.3 Å². The molecule has 0 aliphatic heterocycles. The van der Waals surface area contributed by atoms with E-state index in [1.165, 1.54) is 0 Å². The molecule has 0 spiro atoms. The number of hydrogen-bond acceptors (Lipinski definition) is 3. The average molecular weight is 208 g/mol. The molecular formula is C9H21O3P. The zero-order chi connectivity index (χ0) is 10.4. The quantitative estimate of drug-likeness (QED) is 0.560. The lowest BCUT2D eigenvalue weighted by molar-refractivity contribution is 0.279. The average Bonchev–Trinajstić information content (AvgIpc) is 2.16. The molecule has 0 aromatic rings. The van der Waals surface area contributed by atoms with Gasteiger partial charge in [-0.3, -0.25) is 0 Å². The summed E-state index contributed by atoms with van der Waals surface area (Å²) < 4.78 is 0. The van der Waals surface area contributed by atoms with Crippen LogP contribution in [0.15, 0.2) is 0 Å². The van der Waals surface area contributed by atoms with Crippen LogP contribution < -0.4 is 0 Å². The fourth-order valence-electron chi connectivity index (χ4n) is 1.59. The molecule has 0 unspecified atom stereocenters. The van der Waals surface area contributed by atoms with Crippen LogP contribution >= 0.6 is 7.92 Å². The van der Waals surface area contributed by atoms with Crippen molar-refractivity contribution in [3.8, 4) is 0 Å². The second-order valence-electron chi connectivity index (χ2n) is 3.54. The molecule has 3 atom stereocenters. The molecule has 0 aromatic carbocycles. The van der Waals surface area contributed by atoms with Gasteiger partial charge in [0.25, 0.3) is 0 Å². The van der Waals surface area contributed by atoms with Crippen LogP contribution in [0, 0.1) is 0 Å². The van der Waals surface area contributed by atoms with E-state index in [0.29, 0.717) is 0 Å². The van der Waals surface area contributed by atoms with Crippen LogP contribution in [-0.2, 0) is 0 Å². The number of aliphatic hydroxyl groups excluding tert-OH is 3. The Hall–Kier alpha value is 0.310. The van der Waals surface area contributed by atoms with Gasteiger partial charge in [-0.15, -0.1) is 0 Å². The van der Waals surface area contributed by atoms with Gasteiger partial charge in [-0.2, -0.15) is 0 Å². The summed E-state index contributed by atoms with van der Waals surface area (Å²) in [6.45, 7) is 6.35. The van der Waals surface area contributed by atoms with Crippen molar-refractivity contribution in [1.29, 1.82) is 0 Å². The third kappa shape index (κ3) is 3.90. The highest BCUT2D eigenvalue weighted by molar-refractivity contribution is 7.59. The summed E-state index contributed by atoms with van der Waals surface area (Å²) in [5, 5.41) is 27.1. The lowest BCUT2D eigenvalue weighted by Crippen LogP contribution is -2.24. The van der Waals surface area contributed by atoms with Crippen LogP contribution in [0.4, 0.5) is 0 Å². The Morgan fingerprint density at radius 1 is 0.769 bits per heavy atom. The second-order valence-corrected chi connectivity index (χ2v) is 7.08. The smallest absolute Gasteiger partial charge is 0.0496 e. The minimum atomic E-state index is -0.495. The molecule has 4 heteroatoms. The van der Waals surface area contributed by atoms with E-state index >= 15 is 0 Å². The van der Waals surface area contributed by atoms with Crippen molar-refractivity contribution in [2.45, 2.75) is 37.7 Å². The summed E-state index contributed by atoms with van der Waals surface area (Å²) in [6.07, 6.45) is 0. The zero-order valence-electron chi connectivity index (χ0n) is 8.64. The van der Waals surface area contributed by atoms with Gasteiger partial charge in [-0.1, -0.05) is 28.7 Å². The van der Waals surface area contributed by atoms with Crippen LogP contribution in [0.1, 0.15) is 20.8 Å². The SMILES string of the molecule is C[C@H](CO)P([C@H](C)CO)[C@H](C)CO. The Morgan fingerprint density at radius 3 is 1.15 bits per heavy atom. The first kappa shape index (κ1) is 13.3. The summed E-state index contributed by atoms with van der Waals surface area (Å²) in [5.74, 6) is 0. The maximum atomic E-state index is 9.05. The molecule has 0 rings (SSSR count). The predicted octanol–water partition coefficient (Wildman–Crippen LogP) is 0.611. The minimum absolute atomic E-state index is 0.139. The maximum Gasteiger partial charge on any atom is 0.0496 e. The van der Waals surface area contributed by atoms with E-state index < -0.39 is 7.92 Å². The van der Waals surface area contributed by atoms with Crippen molar-refractivity contribution in [2.75, 3.05) is 19.8 Å². The highest BCUT2D eigenvalue weighted by atomic mass is 31.1. The third-order valence-corrected chi connectivity index (χ3v) is 5.86. The van der Waals surface area contributed by atoms with Crippen molar-refractivity contribution < 1.29 is 15.3 Å². The van der Waals surface area contributed by atoms with Gasteiger partial charge < -0.3 is 15.3 Å². The molecule has 0 fully saturated rings. The van der Waals surface area contributed by atoms with E-state index in [1.54, 1.807) is 0 Å². The Kier molecular flexibility index (Phi) is 6.88. The summed E-state index contributed by atoms with van der Waals surface area (Å²) in [6, 6.07) is 0. The fourth-order valence-corrected chi connectivity index (χ4v) is 4.76. The Bertz CT molecular complexity index is 108. The van der Waals surface area contributed by atoms with E-state index in [9.17, 15) is 0 Å². The summed E-state index contributed by atoms with van der Waals surface area (Å²) in [5.41, 5.74) is 0.581. The Labute approximate surface area is 81.5 Å². The largest absolute Gasteiger partial charge is 0.396 e. The summed E-state index contributed by atoms with van der Waals surface area (Å²) in [7, 11) is -0.495. The topological polar surface area (TPSA) is 60.7 Å². The molecule has 3 nitrogen and oxygen atoms in total. The van der Waals surface area contributed by atoms with Crippen molar-refractivity contribution in [3.63, 3.8) is 0 Å². The molecule has 13 heavy (non-hydrogen) atoms. The Balaban J connectivity index is 4.34. The fraction of sp³-hybridized carbons (Fsp3) is 1.00. The standard InChI is InChI=1S/C9H21O3P/c1-7(4-10)13(8(2)5-11)9(3)6-12/h7-12H,4-6H2,1-3H3/t7-,8-,9-/m1/s1. The molecule has 0 aliphatic rings. The van der Waals surface area contributed by atoms with Gasteiger partial charge in [0.15, 0.2) is 0 Å². The molecular weight excluding hydrogens is 187 g/mol. The molecule has 0 saturated heterocycles. The number of rotatable bonds is 6. The molecule has 0 heterocycles. The molecule has 0 aliphatic carbocycles. The van der Waals surface area contributed by atoms with Crippen molar-refractivity contribution in [1.82, 2.24) is 0 Å². The first-order valence-electron chi connectivity index (χ1n) is 4.68. The van der Waals surface area contributed by atoms with E-state index in [1.807, 2.05) is 20.8 Å². The van der Waals surface area contributed by atoms with E-state index in [0.717, 1.165) is 0 Å². The van der Waals surface area contributed by atoms with Gasteiger partial charge in [-0.05, 0) is 0 Å². The van der Waals surface area contributed by atoms with Crippen LogP contribution in [0.5, 0.6) is 0 Å². The highest BCUT2D eigenvalue weighted by Gasteiger charge is 2.26. The minimum Gasteiger partial charge on any atom is -0.396 e. The molecule has 0 radical (unpaired) electrons. The summed E-state index contributed by atoms with van der Waals surface area (Å²) >= 11 is 0.